The van der Waals surface area contributed by atoms with Gasteiger partial charge in [-0.2, -0.15) is 5.43 Å². The van der Waals surface area contributed by atoms with Gasteiger partial charge >= 0.3 is 0 Å². The Morgan fingerprint density at radius 1 is 1.00 bits per heavy atom. The first kappa shape index (κ1) is 15.6. The van der Waals surface area contributed by atoms with Gasteiger partial charge < -0.3 is 14.8 Å². The van der Waals surface area contributed by atoms with Crippen LogP contribution < -0.4 is 25.2 Å². The maximum Gasteiger partial charge on any atom is 0.190 e. The predicted octanol–water partition coefficient (Wildman–Crippen LogP) is 2.78. The molecule has 2 aromatic carbocycles. The lowest BCUT2D eigenvalue weighted by atomic mass is 10.0. The van der Waals surface area contributed by atoms with Gasteiger partial charge in [0.05, 0.1) is 19.9 Å². The Labute approximate surface area is 141 Å². The molecule has 1 aliphatic rings. The summed E-state index contributed by atoms with van der Waals surface area (Å²) in [6, 6.07) is 15.6. The number of rotatable bonds is 4. The number of thiocarbonyl (C=S) groups is 1. The second-order valence-electron chi connectivity index (χ2n) is 5.43. The minimum absolute atomic E-state index is 0.508. The van der Waals surface area contributed by atoms with Gasteiger partial charge in [0.25, 0.3) is 0 Å². The zero-order chi connectivity index (χ0) is 16.4. The van der Waals surface area contributed by atoms with Crippen LogP contribution in [0.4, 0.5) is 5.69 Å². The smallest absolute Gasteiger partial charge is 0.190 e. The zero-order valence-electron chi connectivity index (χ0n) is 13.3. The van der Waals surface area contributed by atoms with E-state index in [2.05, 4.69) is 10.7 Å². The minimum atomic E-state index is -0.508. The topological polar surface area (TPSA) is 45.8 Å². The van der Waals surface area contributed by atoms with Crippen LogP contribution in [0.15, 0.2) is 48.5 Å². The maximum absolute atomic E-state index is 5.48. The first-order valence-electron chi connectivity index (χ1n) is 7.24. The summed E-state index contributed by atoms with van der Waals surface area (Å²) in [7, 11) is 3.31. The normalized spacial score (nSPS) is 20.3. The van der Waals surface area contributed by atoms with Crippen molar-refractivity contribution in [2.75, 3.05) is 19.2 Å². The molecule has 1 heterocycles. The molecule has 0 saturated carbocycles. The van der Waals surface area contributed by atoms with Gasteiger partial charge in [0.1, 0.15) is 17.2 Å². The summed E-state index contributed by atoms with van der Waals surface area (Å²) in [5.41, 5.74) is 4.89. The summed E-state index contributed by atoms with van der Waals surface area (Å²) in [6.07, 6.45) is 0. The van der Waals surface area contributed by atoms with E-state index in [0.717, 1.165) is 22.7 Å². The molecule has 23 heavy (non-hydrogen) atoms. The van der Waals surface area contributed by atoms with Gasteiger partial charge in [0.2, 0.25) is 0 Å². The molecule has 0 aromatic heterocycles. The molecule has 1 atom stereocenters. The van der Waals surface area contributed by atoms with Gasteiger partial charge in [-0.1, -0.05) is 12.1 Å². The molecule has 1 fully saturated rings. The van der Waals surface area contributed by atoms with Crippen LogP contribution in [-0.2, 0) is 5.66 Å². The van der Waals surface area contributed by atoms with Crippen LogP contribution in [0.1, 0.15) is 12.5 Å². The third-order valence-electron chi connectivity index (χ3n) is 3.87. The van der Waals surface area contributed by atoms with Crippen molar-refractivity contribution in [3.63, 3.8) is 0 Å². The maximum atomic E-state index is 5.48. The van der Waals surface area contributed by atoms with Crippen molar-refractivity contribution in [1.82, 2.24) is 10.7 Å². The number of hydrazine groups is 1. The van der Waals surface area contributed by atoms with E-state index >= 15 is 0 Å². The highest BCUT2D eigenvalue weighted by molar-refractivity contribution is 7.80. The molecule has 1 aliphatic heterocycles. The molecule has 6 heteroatoms. The quantitative estimate of drug-likeness (QED) is 0.841. The first-order chi connectivity index (χ1) is 11.1. The average molecular weight is 329 g/mol. The highest BCUT2D eigenvalue weighted by Gasteiger charge is 2.38. The molecule has 2 aromatic rings. The van der Waals surface area contributed by atoms with Crippen molar-refractivity contribution in [2.45, 2.75) is 12.6 Å². The number of hydrogen-bond acceptors (Lipinski definition) is 4. The minimum Gasteiger partial charge on any atom is -0.497 e. The molecule has 0 unspecified atom stereocenters. The molecule has 0 spiro atoms. The third-order valence-corrected chi connectivity index (χ3v) is 4.16. The van der Waals surface area contributed by atoms with Crippen molar-refractivity contribution in [2.24, 2.45) is 0 Å². The number of hydrogen-bond donors (Lipinski definition) is 2. The van der Waals surface area contributed by atoms with Crippen LogP contribution in [0.5, 0.6) is 11.5 Å². The molecule has 0 aliphatic carbocycles. The summed E-state index contributed by atoms with van der Waals surface area (Å²) >= 11 is 5.48. The Bertz CT molecular complexity index is 720. The van der Waals surface area contributed by atoms with Crippen molar-refractivity contribution in [3.05, 3.63) is 54.1 Å². The Balaban J connectivity index is 1.88. The molecule has 0 radical (unpaired) electrons. The molecule has 0 amide bonds. The SMILES string of the molecule is COc1ccc(N2N[C@](C)(c3cccc(OC)c3)NC2=S)cc1. The van der Waals surface area contributed by atoms with Crippen LogP contribution in [0.2, 0.25) is 0 Å². The summed E-state index contributed by atoms with van der Waals surface area (Å²) < 4.78 is 10.5. The van der Waals surface area contributed by atoms with Gasteiger partial charge in [-0.25, -0.2) is 5.01 Å². The molecule has 120 valence electrons. The Hall–Kier alpha value is -2.31. The lowest BCUT2D eigenvalue weighted by Crippen LogP contribution is -2.45. The van der Waals surface area contributed by atoms with Crippen LogP contribution in [0.25, 0.3) is 0 Å². The van der Waals surface area contributed by atoms with Crippen molar-refractivity contribution >= 4 is 23.0 Å². The van der Waals surface area contributed by atoms with Gasteiger partial charge in [-0.3, -0.25) is 0 Å². The van der Waals surface area contributed by atoms with E-state index in [9.17, 15) is 0 Å². The summed E-state index contributed by atoms with van der Waals surface area (Å²) in [5, 5.41) is 5.80. The van der Waals surface area contributed by atoms with Gasteiger partial charge in [0.15, 0.2) is 5.11 Å². The Morgan fingerprint density at radius 2 is 1.70 bits per heavy atom. The van der Waals surface area contributed by atoms with Crippen molar-refractivity contribution in [1.29, 1.82) is 0 Å². The lowest BCUT2D eigenvalue weighted by Gasteiger charge is -2.26. The van der Waals surface area contributed by atoms with Crippen molar-refractivity contribution in [3.8, 4) is 11.5 Å². The number of ether oxygens (including phenoxy) is 2. The second kappa shape index (κ2) is 6.06. The molecule has 2 N–H and O–H groups in total. The van der Waals surface area contributed by atoms with E-state index in [1.54, 1.807) is 14.2 Å². The highest BCUT2D eigenvalue weighted by atomic mass is 32.1. The van der Waals surface area contributed by atoms with Gasteiger partial charge in [0, 0.05) is 0 Å². The van der Waals surface area contributed by atoms with Crippen LogP contribution in [-0.4, -0.2) is 19.3 Å². The number of benzene rings is 2. The highest BCUT2D eigenvalue weighted by Crippen LogP contribution is 2.29. The van der Waals surface area contributed by atoms with Crippen LogP contribution in [0, 0.1) is 0 Å². The number of methoxy groups -OCH3 is 2. The number of nitrogens with zero attached hydrogens (tertiary/aromatic N) is 1. The first-order valence-corrected chi connectivity index (χ1v) is 7.65. The predicted molar refractivity (Wildman–Crippen MR) is 94.7 cm³/mol. The lowest BCUT2D eigenvalue weighted by molar-refractivity contribution is 0.381. The zero-order valence-corrected chi connectivity index (χ0v) is 14.1. The van der Waals surface area contributed by atoms with E-state index < -0.39 is 5.66 Å². The van der Waals surface area contributed by atoms with Crippen LogP contribution in [0.3, 0.4) is 0 Å². The van der Waals surface area contributed by atoms with E-state index in [4.69, 9.17) is 21.7 Å². The molecule has 1 saturated heterocycles. The number of nitrogens with one attached hydrogen (secondary N) is 2. The second-order valence-corrected chi connectivity index (χ2v) is 5.82. The van der Waals surface area contributed by atoms with Gasteiger partial charge in [-0.15, -0.1) is 0 Å². The summed E-state index contributed by atoms with van der Waals surface area (Å²) in [6.45, 7) is 2.04. The molecule has 0 bridgehead atoms. The average Bonchev–Trinajstić information content (AvgIpc) is 2.91. The van der Waals surface area contributed by atoms with Gasteiger partial charge in [-0.05, 0) is 61.1 Å². The summed E-state index contributed by atoms with van der Waals surface area (Å²) in [5.74, 6) is 1.61. The standard InChI is InChI=1S/C17H19N3O2S/c1-17(12-5-4-6-15(11-12)22-3)18-16(23)20(19-17)13-7-9-14(21-2)10-8-13/h4-11,19H,1-3H3,(H,18,23)/t17-/m1/s1. The summed E-state index contributed by atoms with van der Waals surface area (Å²) in [4.78, 5) is 0. The fourth-order valence-corrected chi connectivity index (χ4v) is 2.91. The van der Waals surface area contributed by atoms with E-state index in [1.165, 1.54) is 0 Å². The molecule has 3 rings (SSSR count). The van der Waals surface area contributed by atoms with E-state index in [1.807, 2.05) is 60.5 Å². The fraction of sp³-hybridized carbons (Fsp3) is 0.235. The van der Waals surface area contributed by atoms with E-state index in [-0.39, 0.29) is 0 Å². The third kappa shape index (κ3) is 2.95. The molecule has 5 nitrogen and oxygen atoms in total. The van der Waals surface area contributed by atoms with Crippen molar-refractivity contribution < 1.29 is 9.47 Å². The number of anilines is 1. The van der Waals surface area contributed by atoms with Crippen LogP contribution >= 0.6 is 12.2 Å². The monoisotopic (exact) mass is 329 g/mol. The largest absolute Gasteiger partial charge is 0.497 e. The molecular weight excluding hydrogens is 310 g/mol. The molecular formula is C17H19N3O2S. The Morgan fingerprint density at radius 3 is 2.35 bits per heavy atom. The van der Waals surface area contributed by atoms with E-state index in [0.29, 0.717) is 5.11 Å². The fourth-order valence-electron chi connectivity index (χ4n) is 2.56. The Kier molecular flexibility index (Phi) is 4.11.